The topological polar surface area (TPSA) is 193 Å². The van der Waals surface area contributed by atoms with Crippen LogP contribution in [-0.4, -0.2) is 119 Å². The van der Waals surface area contributed by atoms with Crippen LogP contribution in [0.3, 0.4) is 0 Å². The van der Waals surface area contributed by atoms with Crippen LogP contribution in [0.25, 0.3) is 0 Å². The molecule has 0 radical (unpaired) electrons. The number of pyridine rings is 1. The zero-order valence-electron chi connectivity index (χ0n) is 30.0. The third-order valence-corrected chi connectivity index (χ3v) is 12.3. The first kappa shape index (κ1) is 41.0. The van der Waals surface area contributed by atoms with Gasteiger partial charge in [-0.1, -0.05) is 11.6 Å². The Morgan fingerprint density at radius 2 is 1.64 bits per heavy atom. The first-order valence-electron chi connectivity index (χ1n) is 18.3. The molecule has 1 atom stereocenters. The number of nitrogens with two attached hydrogens (primary N) is 3. The number of nitrogens with one attached hydrogen (secondary N) is 1. The van der Waals surface area contributed by atoms with Crippen molar-refractivity contribution < 1.29 is 31.5 Å². The Hall–Kier alpha value is -3.19. The highest BCUT2D eigenvalue weighted by atomic mass is 35.5. The Balaban J connectivity index is 1.11. The van der Waals surface area contributed by atoms with E-state index in [2.05, 4.69) is 15.2 Å². The summed E-state index contributed by atoms with van der Waals surface area (Å²) in [4.78, 5) is 34.5. The number of rotatable bonds is 16. The molecule has 2 aliphatic heterocycles. The Kier molecular flexibility index (Phi) is 14.2. The smallest absolute Gasteiger partial charge is 0.407 e. The van der Waals surface area contributed by atoms with Crippen LogP contribution in [0.2, 0.25) is 5.15 Å². The lowest BCUT2D eigenvalue weighted by Crippen LogP contribution is -2.49. The van der Waals surface area contributed by atoms with E-state index in [0.29, 0.717) is 44.7 Å². The highest BCUT2D eigenvalue weighted by molar-refractivity contribution is 7.89. The number of nitrogens with zero attached hydrogens (tertiary/aromatic N) is 5. The summed E-state index contributed by atoms with van der Waals surface area (Å²) in [5, 5.41) is 2.75. The second-order valence-electron chi connectivity index (χ2n) is 14.0. The maximum Gasteiger partial charge on any atom is 0.407 e. The van der Waals surface area contributed by atoms with Gasteiger partial charge in [-0.2, -0.15) is 4.31 Å². The van der Waals surface area contributed by atoms with Gasteiger partial charge in [0.25, 0.3) is 5.92 Å². The molecule has 1 aromatic carbocycles. The summed E-state index contributed by atoms with van der Waals surface area (Å²) in [7, 11) is -3.84. The van der Waals surface area contributed by atoms with Gasteiger partial charge in [0.1, 0.15) is 17.6 Å². The molecule has 53 heavy (non-hydrogen) atoms. The van der Waals surface area contributed by atoms with E-state index in [4.69, 9.17) is 33.5 Å². The highest BCUT2D eigenvalue weighted by Crippen LogP contribution is 2.45. The Bertz CT molecular complexity index is 1630. The van der Waals surface area contributed by atoms with E-state index in [0.717, 1.165) is 25.9 Å². The summed E-state index contributed by atoms with van der Waals surface area (Å²) in [6.07, 6.45) is 2.50. The van der Waals surface area contributed by atoms with Crippen LogP contribution in [0.5, 0.6) is 0 Å². The number of benzene rings is 1. The Morgan fingerprint density at radius 3 is 2.23 bits per heavy atom. The van der Waals surface area contributed by atoms with Crippen LogP contribution in [0, 0.1) is 5.92 Å². The molecule has 0 bridgehead atoms. The van der Waals surface area contributed by atoms with Crippen molar-refractivity contribution in [1.29, 1.82) is 0 Å². The molecule has 2 aromatic rings. The number of alkyl halides is 2. The second kappa shape index (κ2) is 18.4. The molecule has 1 saturated carbocycles. The number of aromatic nitrogens is 1. The van der Waals surface area contributed by atoms with Crippen LogP contribution in [0.4, 0.5) is 25.1 Å². The van der Waals surface area contributed by atoms with E-state index >= 15 is 8.78 Å². The minimum Gasteiger partial charge on any atom is -0.448 e. The summed E-state index contributed by atoms with van der Waals surface area (Å²) >= 11 is 6.28. The van der Waals surface area contributed by atoms with Crippen molar-refractivity contribution in [2.45, 2.75) is 67.8 Å². The van der Waals surface area contributed by atoms with Gasteiger partial charge < -0.3 is 37.1 Å². The van der Waals surface area contributed by atoms with Crippen molar-refractivity contribution >= 4 is 45.1 Å². The van der Waals surface area contributed by atoms with Crippen molar-refractivity contribution in [3.8, 4) is 0 Å². The highest BCUT2D eigenvalue weighted by Gasteiger charge is 2.44. The Labute approximate surface area is 315 Å². The predicted molar refractivity (Wildman–Crippen MR) is 200 cm³/mol. The lowest BCUT2D eigenvalue weighted by Gasteiger charge is -2.36. The van der Waals surface area contributed by atoms with Crippen molar-refractivity contribution in [2.75, 3.05) is 81.9 Å². The van der Waals surface area contributed by atoms with E-state index in [-0.39, 0.29) is 91.5 Å². The molecule has 0 spiro atoms. The van der Waals surface area contributed by atoms with Crippen LogP contribution in [0.1, 0.15) is 50.5 Å². The van der Waals surface area contributed by atoms with Gasteiger partial charge in [-0.25, -0.2) is 27.0 Å². The van der Waals surface area contributed by atoms with E-state index in [1.165, 1.54) is 28.6 Å². The fraction of sp³-hybridized carbons (Fsp3) is 0.629. The lowest BCUT2D eigenvalue weighted by molar-refractivity contribution is -0.117. The molecule has 7 N–H and O–H groups in total. The molecule has 14 nitrogen and oxygen atoms in total. The quantitative estimate of drug-likeness (QED) is 0.183. The number of ether oxygens (including phenoxy) is 1. The largest absolute Gasteiger partial charge is 0.448 e. The number of anilines is 2. The molecule has 2 saturated heterocycles. The maximum atomic E-state index is 16.0. The number of piperazine rings is 1. The van der Waals surface area contributed by atoms with E-state index in [1.54, 1.807) is 21.9 Å². The second-order valence-corrected chi connectivity index (χ2v) is 16.3. The summed E-state index contributed by atoms with van der Waals surface area (Å²) in [5.41, 5.74) is 17.5. The van der Waals surface area contributed by atoms with Crippen LogP contribution >= 0.6 is 11.6 Å². The lowest BCUT2D eigenvalue weighted by atomic mass is 9.80. The number of carbonyl (C=O) groups excluding carboxylic acids is 2. The first-order chi connectivity index (χ1) is 25.3. The molecule has 0 unspecified atom stereocenters. The van der Waals surface area contributed by atoms with Crippen LogP contribution < -0.4 is 32.3 Å². The molecular weight excluding hydrogens is 732 g/mol. The molecule has 5 rings (SSSR count). The molecule has 294 valence electrons. The first-order valence-corrected chi connectivity index (χ1v) is 20.2. The van der Waals surface area contributed by atoms with Gasteiger partial charge in [0.15, 0.2) is 0 Å². The number of hydrogen-bond donors (Lipinski definition) is 4. The zero-order valence-corrected chi connectivity index (χ0v) is 31.5. The van der Waals surface area contributed by atoms with Gasteiger partial charge in [0, 0.05) is 74.9 Å². The van der Waals surface area contributed by atoms with E-state index in [9.17, 15) is 18.0 Å². The minimum absolute atomic E-state index is 0.0764. The predicted octanol–water partition coefficient (Wildman–Crippen LogP) is 2.69. The third kappa shape index (κ3) is 10.5. The van der Waals surface area contributed by atoms with Crippen LogP contribution in [0.15, 0.2) is 41.3 Å². The third-order valence-electron chi connectivity index (χ3n) is 10.2. The average Bonchev–Trinajstić information content (AvgIpc) is 3.49. The fourth-order valence-corrected chi connectivity index (χ4v) is 8.83. The van der Waals surface area contributed by atoms with Crippen molar-refractivity contribution in [3.63, 3.8) is 0 Å². The summed E-state index contributed by atoms with van der Waals surface area (Å²) in [5.74, 6) is -4.02. The monoisotopic (exact) mass is 783 g/mol. The molecule has 18 heteroatoms. The van der Waals surface area contributed by atoms with Crippen molar-refractivity contribution in [2.24, 2.45) is 23.1 Å². The molecule has 3 heterocycles. The fourth-order valence-electron chi connectivity index (χ4n) is 7.20. The summed E-state index contributed by atoms with van der Waals surface area (Å²) in [6.45, 7) is 4.56. The Morgan fingerprint density at radius 1 is 1.00 bits per heavy atom. The number of hydrogen-bond acceptors (Lipinski definition) is 11. The molecule has 2 amide bonds. The van der Waals surface area contributed by atoms with E-state index in [1.807, 2.05) is 0 Å². The van der Waals surface area contributed by atoms with Gasteiger partial charge in [-0.3, -0.25) is 9.69 Å². The van der Waals surface area contributed by atoms with Gasteiger partial charge >= 0.3 is 6.09 Å². The SMILES string of the molecule is NCCCN(CCCN)CCOC(=O)NC1CCC(C(F)(F)c2cc(Cl)nc(N3CCN(S(=O)(=O)c4ccc(N5C[C@H](N)CC5=O)cc4)CC3)c2)CC1. The summed E-state index contributed by atoms with van der Waals surface area (Å²) in [6, 6.07) is 8.14. The number of carbonyl (C=O) groups is 2. The maximum absolute atomic E-state index is 16.0. The molecule has 3 aliphatic rings. The molecule has 3 fully saturated rings. The number of sulfonamides is 1. The van der Waals surface area contributed by atoms with E-state index < -0.39 is 28.0 Å². The molecule has 1 aliphatic carbocycles. The van der Waals surface area contributed by atoms with Gasteiger partial charge in [0.05, 0.1) is 4.90 Å². The number of alkyl carbamates (subject to hydrolysis) is 1. The van der Waals surface area contributed by atoms with Gasteiger partial charge in [-0.15, -0.1) is 0 Å². The molecular formula is C35H52ClF2N9O5S. The summed E-state index contributed by atoms with van der Waals surface area (Å²) < 4.78 is 65.6. The normalized spacial score (nSPS) is 21.7. The average molecular weight is 784 g/mol. The van der Waals surface area contributed by atoms with Crippen LogP contribution in [-0.2, 0) is 25.5 Å². The number of halogens is 3. The van der Waals surface area contributed by atoms with Crippen molar-refractivity contribution in [1.82, 2.24) is 19.5 Å². The standard InChI is InChI=1S/C35H52ClF2N9O5S/c36-31-21-26(35(37,38)25-3-5-28(6-4-25)42-34(49)52-20-19-44(13-1-11-39)14-2-12-40)22-32(43-31)45-15-17-46(18-16-45)53(50,51)30-9-7-29(8-10-30)47-24-27(41)23-33(47)48/h7-10,21-22,25,27-28H,1-6,11-20,23-24,39-41H2,(H,42,49)/t25?,27-,28?/m1/s1. The minimum atomic E-state index is -3.84. The van der Waals surface area contributed by atoms with Gasteiger partial charge in [-0.05, 0) is 101 Å². The number of amides is 2. The van der Waals surface area contributed by atoms with Gasteiger partial charge in [0.2, 0.25) is 15.9 Å². The van der Waals surface area contributed by atoms with Crippen molar-refractivity contribution in [3.05, 3.63) is 47.1 Å². The zero-order chi connectivity index (χ0) is 38.2. The molecule has 1 aromatic heterocycles.